The molecule has 4 rings (SSSR count). The minimum atomic E-state index is -0.248. The van der Waals surface area contributed by atoms with E-state index in [0.29, 0.717) is 27.2 Å². The van der Waals surface area contributed by atoms with Crippen molar-refractivity contribution < 1.29 is 4.79 Å². The van der Waals surface area contributed by atoms with Crippen molar-refractivity contribution in [3.05, 3.63) is 68.2 Å². The van der Waals surface area contributed by atoms with Gasteiger partial charge in [0.2, 0.25) is 0 Å². The molecule has 0 aliphatic heterocycles. The average Bonchev–Trinajstić information content (AvgIpc) is 2.96. The Balaban J connectivity index is 1.68. The van der Waals surface area contributed by atoms with Crippen LogP contribution in [0.1, 0.15) is 48.9 Å². The standard InChI is InChI=1S/C22H22ClN3O2S/c23-15-10-11-18-19(13-15)25-22(29)26(21(18)28)17-9-5-6-14(12-17)20(27)24-16-7-3-1-2-4-8-16/h5-6,9-13,16H,1-4,7-8H2,(H,24,27)(H,25,29). The summed E-state index contributed by atoms with van der Waals surface area (Å²) in [6.45, 7) is 0. The number of benzene rings is 2. The smallest absolute Gasteiger partial charge is 0.266 e. The van der Waals surface area contributed by atoms with Gasteiger partial charge in [-0.15, -0.1) is 0 Å². The lowest BCUT2D eigenvalue weighted by Crippen LogP contribution is -2.34. The molecule has 150 valence electrons. The van der Waals surface area contributed by atoms with Crippen LogP contribution in [-0.2, 0) is 0 Å². The molecule has 1 fully saturated rings. The van der Waals surface area contributed by atoms with Gasteiger partial charge in [0.15, 0.2) is 4.77 Å². The van der Waals surface area contributed by atoms with E-state index in [4.69, 9.17) is 23.8 Å². The second-order valence-electron chi connectivity index (χ2n) is 7.47. The first-order chi connectivity index (χ1) is 14.0. The molecule has 7 heteroatoms. The SMILES string of the molecule is O=C(NC1CCCCCC1)c1cccc(-n2c(=S)[nH]c3cc(Cl)ccc3c2=O)c1. The Morgan fingerprint density at radius 1 is 1.10 bits per heavy atom. The fourth-order valence-electron chi connectivity index (χ4n) is 3.90. The van der Waals surface area contributed by atoms with Gasteiger partial charge in [-0.05, 0) is 61.5 Å². The number of fused-ring (bicyclic) bond motifs is 1. The minimum Gasteiger partial charge on any atom is -0.349 e. The summed E-state index contributed by atoms with van der Waals surface area (Å²) in [5.74, 6) is -0.116. The molecule has 0 spiro atoms. The minimum absolute atomic E-state index is 0.116. The molecule has 0 radical (unpaired) electrons. The Bertz CT molecular complexity index is 1180. The zero-order chi connectivity index (χ0) is 20.4. The van der Waals surface area contributed by atoms with E-state index >= 15 is 0 Å². The van der Waals surface area contributed by atoms with Crippen molar-refractivity contribution >= 4 is 40.6 Å². The zero-order valence-electron chi connectivity index (χ0n) is 15.9. The molecule has 3 aromatic rings. The van der Waals surface area contributed by atoms with Crippen LogP contribution in [0.4, 0.5) is 0 Å². The van der Waals surface area contributed by atoms with Crippen molar-refractivity contribution in [1.29, 1.82) is 0 Å². The number of hydrogen-bond acceptors (Lipinski definition) is 3. The lowest BCUT2D eigenvalue weighted by atomic mass is 10.1. The second kappa shape index (κ2) is 8.51. The molecule has 1 aromatic heterocycles. The topological polar surface area (TPSA) is 66.9 Å². The highest BCUT2D eigenvalue weighted by Gasteiger charge is 2.17. The number of aromatic amines is 1. The number of halogens is 1. The number of hydrogen-bond donors (Lipinski definition) is 2. The summed E-state index contributed by atoms with van der Waals surface area (Å²) < 4.78 is 1.67. The van der Waals surface area contributed by atoms with Crippen LogP contribution in [0.2, 0.25) is 5.02 Å². The molecule has 2 N–H and O–H groups in total. The number of carbonyl (C=O) groups excluding carboxylic acids is 1. The van der Waals surface area contributed by atoms with Crippen molar-refractivity contribution in [2.75, 3.05) is 0 Å². The Hall–Kier alpha value is -2.44. The monoisotopic (exact) mass is 427 g/mol. The van der Waals surface area contributed by atoms with Crippen LogP contribution < -0.4 is 10.9 Å². The van der Waals surface area contributed by atoms with Gasteiger partial charge in [0.05, 0.1) is 16.6 Å². The number of amides is 1. The summed E-state index contributed by atoms with van der Waals surface area (Å²) >= 11 is 11.4. The fraction of sp³-hybridized carbons (Fsp3) is 0.318. The Labute approximate surface area is 178 Å². The van der Waals surface area contributed by atoms with Gasteiger partial charge < -0.3 is 10.3 Å². The maximum atomic E-state index is 13.0. The van der Waals surface area contributed by atoms with Gasteiger partial charge in [0, 0.05) is 16.6 Å². The van der Waals surface area contributed by atoms with Crippen LogP contribution >= 0.6 is 23.8 Å². The van der Waals surface area contributed by atoms with Crippen LogP contribution in [0.3, 0.4) is 0 Å². The lowest BCUT2D eigenvalue weighted by Gasteiger charge is -2.16. The summed E-state index contributed by atoms with van der Waals surface area (Å²) in [5.41, 5.74) is 1.42. The third-order valence-corrected chi connectivity index (χ3v) is 5.94. The Morgan fingerprint density at radius 3 is 2.62 bits per heavy atom. The molecule has 0 saturated heterocycles. The van der Waals surface area contributed by atoms with Crippen LogP contribution in [0.5, 0.6) is 0 Å². The molecule has 2 aromatic carbocycles. The molecular formula is C22H22ClN3O2S. The van der Waals surface area contributed by atoms with E-state index in [-0.39, 0.29) is 22.3 Å². The van der Waals surface area contributed by atoms with E-state index in [9.17, 15) is 9.59 Å². The van der Waals surface area contributed by atoms with E-state index in [2.05, 4.69) is 10.3 Å². The summed E-state index contributed by atoms with van der Waals surface area (Å²) in [5, 5.41) is 4.15. The van der Waals surface area contributed by atoms with Crippen molar-refractivity contribution in [2.24, 2.45) is 0 Å². The predicted octanol–water partition coefficient (Wildman–Crippen LogP) is 5.15. The Kier molecular flexibility index (Phi) is 5.83. The predicted molar refractivity (Wildman–Crippen MR) is 119 cm³/mol. The molecule has 5 nitrogen and oxygen atoms in total. The van der Waals surface area contributed by atoms with Crippen molar-refractivity contribution in [1.82, 2.24) is 14.9 Å². The maximum Gasteiger partial charge on any atom is 0.266 e. The highest BCUT2D eigenvalue weighted by atomic mass is 35.5. The summed E-state index contributed by atoms with van der Waals surface area (Å²) in [6, 6.07) is 12.2. The highest BCUT2D eigenvalue weighted by molar-refractivity contribution is 7.71. The van der Waals surface area contributed by atoms with Crippen LogP contribution in [0.15, 0.2) is 47.3 Å². The number of rotatable bonds is 3. The zero-order valence-corrected chi connectivity index (χ0v) is 17.5. The third kappa shape index (κ3) is 4.28. The molecule has 29 heavy (non-hydrogen) atoms. The average molecular weight is 428 g/mol. The summed E-state index contributed by atoms with van der Waals surface area (Å²) in [7, 11) is 0. The fourth-order valence-corrected chi connectivity index (χ4v) is 4.37. The number of H-pyrrole nitrogens is 1. The first-order valence-electron chi connectivity index (χ1n) is 9.89. The van der Waals surface area contributed by atoms with Crippen LogP contribution in [-0.4, -0.2) is 21.5 Å². The number of nitrogens with zero attached hydrogens (tertiary/aromatic N) is 1. The molecule has 0 bridgehead atoms. The molecular weight excluding hydrogens is 406 g/mol. The first-order valence-corrected chi connectivity index (χ1v) is 10.7. The summed E-state index contributed by atoms with van der Waals surface area (Å²) in [4.78, 5) is 28.9. The second-order valence-corrected chi connectivity index (χ2v) is 8.30. The van der Waals surface area contributed by atoms with Gasteiger partial charge in [-0.3, -0.25) is 14.2 Å². The van der Waals surface area contributed by atoms with Crippen molar-refractivity contribution in [3.8, 4) is 5.69 Å². The lowest BCUT2D eigenvalue weighted by molar-refractivity contribution is 0.0933. The number of nitrogens with one attached hydrogen (secondary N) is 2. The largest absolute Gasteiger partial charge is 0.349 e. The van der Waals surface area contributed by atoms with Gasteiger partial charge in [-0.1, -0.05) is 43.4 Å². The molecule has 1 amide bonds. The van der Waals surface area contributed by atoms with E-state index < -0.39 is 0 Å². The molecule has 1 heterocycles. The maximum absolute atomic E-state index is 13.0. The molecule has 1 saturated carbocycles. The highest BCUT2D eigenvalue weighted by Crippen LogP contribution is 2.19. The van der Waals surface area contributed by atoms with Gasteiger partial charge in [0.1, 0.15) is 0 Å². The molecule has 1 aliphatic carbocycles. The third-order valence-electron chi connectivity index (χ3n) is 5.42. The molecule has 1 aliphatic rings. The number of aromatic nitrogens is 2. The van der Waals surface area contributed by atoms with E-state index in [1.165, 1.54) is 17.4 Å². The van der Waals surface area contributed by atoms with Crippen LogP contribution in [0, 0.1) is 4.77 Å². The van der Waals surface area contributed by atoms with Gasteiger partial charge in [-0.25, -0.2) is 0 Å². The molecule has 0 atom stereocenters. The summed E-state index contributed by atoms with van der Waals surface area (Å²) in [6.07, 6.45) is 6.80. The van der Waals surface area contributed by atoms with Gasteiger partial charge in [-0.2, -0.15) is 0 Å². The quantitative estimate of drug-likeness (QED) is 0.448. The van der Waals surface area contributed by atoms with Crippen molar-refractivity contribution in [2.45, 2.75) is 44.6 Å². The van der Waals surface area contributed by atoms with E-state index in [1.807, 2.05) is 0 Å². The van der Waals surface area contributed by atoms with Gasteiger partial charge >= 0.3 is 0 Å². The molecule has 0 unspecified atom stereocenters. The van der Waals surface area contributed by atoms with E-state index in [0.717, 1.165) is 25.7 Å². The normalized spacial score (nSPS) is 15.2. The number of carbonyl (C=O) groups is 1. The Morgan fingerprint density at radius 2 is 1.86 bits per heavy atom. The van der Waals surface area contributed by atoms with Crippen LogP contribution in [0.25, 0.3) is 16.6 Å². The first kappa shape index (κ1) is 19.9. The van der Waals surface area contributed by atoms with Gasteiger partial charge in [0.25, 0.3) is 11.5 Å². The van der Waals surface area contributed by atoms with Crippen molar-refractivity contribution in [3.63, 3.8) is 0 Å². The van der Waals surface area contributed by atoms with E-state index in [1.54, 1.807) is 42.5 Å².